The summed E-state index contributed by atoms with van der Waals surface area (Å²) < 4.78 is 1.16. The van der Waals surface area contributed by atoms with Crippen LogP contribution in [0.25, 0.3) is 0 Å². The zero-order valence-electron chi connectivity index (χ0n) is 8.67. The summed E-state index contributed by atoms with van der Waals surface area (Å²) in [5.74, 6) is 0. The van der Waals surface area contributed by atoms with Gasteiger partial charge in [-0.1, -0.05) is 6.42 Å². The Bertz CT molecular complexity index is 391. The highest BCUT2D eigenvalue weighted by Gasteiger charge is 2.47. The van der Waals surface area contributed by atoms with E-state index in [1.165, 1.54) is 38.0 Å². The van der Waals surface area contributed by atoms with Gasteiger partial charge in [-0.3, -0.25) is 0 Å². The molecule has 1 aromatic carbocycles. The van der Waals surface area contributed by atoms with Gasteiger partial charge >= 0.3 is 0 Å². The van der Waals surface area contributed by atoms with Gasteiger partial charge in [0.1, 0.15) is 0 Å². The summed E-state index contributed by atoms with van der Waals surface area (Å²) in [6.45, 7) is 2.43. The van der Waals surface area contributed by atoms with Gasteiger partial charge in [-0.25, -0.2) is 0 Å². The number of rotatable bonds is 1. The lowest BCUT2D eigenvalue weighted by molar-refractivity contribution is 0.0903. The van der Waals surface area contributed by atoms with Crippen molar-refractivity contribution < 1.29 is 0 Å². The fourth-order valence-corrected chi connectivity index (χ4v) is 3.20. The Morgan fingerprint density at radius 1 is 1.27 bits per heavy atom. The molecule has 2 nitrogen and oxygen atoms in total. The van der Waals surface area contributed by atoms with Crippen molar-refractivity contribution in [2.24, 2.45) is 5.41 Å². The number of hydrogen-bond donors (Lipinski definition) is 1. The second-order valence-electron chi connectivity index (χ2n) is 4.92. The summed E-state index contributed by atoms with van der Waals surface area (Å²) in [4.78, 5) is 2.43. The van der Waals surface area contributed by atoms with Crippen LogP contribution >= 0.6 is 15.9 Å². The Morgan fingerprint density at radius 2 is 2.00 bits per heavy atom. The predicted molar refractivity (Wildman–Crippen MR) is 67.1 cm³/mol. The molecule has 1 heterocycles. The first-order chi connectivity index (χ1) is 7.19. The molecule has 3 rings (SSSR count). The van der Waals surface area contributed by atoms with Gasteiger partial charge in [-0.15, -0.1) is 0 Å². The van der Waals surface area contributed by atoms with E-state index in [0.717, 1.165) is 10.2 Å². The molecule has 0 unspecified atom stereocenters. The molecule has 1 saturated carbocycles. The molecule has 0 radical (unpaired) electrons. The van der Waals surface area contributed by atoms with Crippen LogP contribution < -0.4 is 10.6 Å². The van der Waals surface area contributed by atoms with Crippen LogP contribution in [0.5, 0.6) is 0 Å². The fraction of sp³-hybridized carbons (Fsp3) is 0.500. The minimum atomic E-state index is 0.671. The maximum atomic E-state index is 5.81. The summed E-state index contributed by atoms with van der Waals surface area (Å²) in [6, 6.07) is 6.04. The Balaban J connectivity index is 1.80. The predicted octanol–water partition coefficient (Wildman–Crippen LogP) is 3.02. The quantitative estimate of drug-likeness (QED) is 0.792. The number of nitrogen functional groups attached to an aromatic ring is 1. The minimum absolute atomic E-state index is 0.671. The van der Waals surface area contributed by atoms with E-state index >= 15 is 0 Å². The lowest BCUT2D eigenvalue weighted by Crippen LogP contribution is -2.59. The second kappa shape index (κ2) is 3.14. The number of hydrogen-bond acceptors (Lipinski definition) is 2. The normalized spacial score (nSPS) is 22.3. The molecule has 15 heavy (non-hydrogen) atoms. The van der Waals surface area contributed by atoms with Gasteiger partial charge in [0.15, 0.2) is 0 Å². The zero-order valence-corrected chi connectivity index (χ0v) is 10.3. The summed E-state index contributed by atoms with van der Waals surface area (Å²) in [6.07, 6.45) is 4.26. The highest BCUT2D eigenvalue weighted by atomic mass is 79.9. The van der Waals surface area contributed by atoms with E-state index in [1.54, 1.807) is 0 Å². The summed E-state index contributed by atoms with van der Waals surface area (Å²) in [7, 11) is 0. The molecule has 1 aliphatic carbocycles. The largest absolute Gasteiger partial charge is 0.399 e. The Labute approximate surface area is 98.6 Å². The maximum Gasteiger partial charge on any atom is 0.0531 e. The molecule has 0 amide bonds. The average Bonchev–Trinajstić information content (AvgIpc) is 2.06. The van der Waals surface area contributed by atoms with Gasteiger partial charge in [0.2, 0.25) is 0 Å². The first-order valence-corrected chi connectivity index (χ1v) is 6.28. The highest BCUT2D eigenvalue weighted by molar-refractivity contribution is 9.10. The molecule has 2 aliphatic rings. The van der Waals surface area contributed by atoms with E-state index in [9.17, 15) is 0 Å². The number of halogens is 1. The van der Waals surface area contributed by atoms with Crippen LogP contribution in [0.2, 0.25) is 0 Å². The van der Waals surface area contributed by atoms with Crippen LogP contribution in [-0.2, 0) is 0 Å². The number of nitrogens with zero attached hydrogens (tertiary/aromatic N) is 1. The molecule has 0 aromatic heterocycles. The van der Waals surface area contributed by atoms with Gasteiger partial charge in [0.05, 0.1) is 5.69 Å². The van der Waals surface area contributed by atoms with Crippen molar-refractivity contribution in [2.45, 2.75) is 19.3 Å². The first-order valence-electron chi connectivity index (χ1n) is 5.49. The Kier molecular flexibility index (Phi) is 2.00. The van der Waals surface area contributed by atoms with E-state index in [1.807, 2.05) is 12.1 Å². The zero-order chi connectivity index (χ0) is 10.5. The van der Waals surface area contributed by atoms with Gasteiger partial charge < -0.3 is 10.6 Å². The van der Waals surface area contributed by atoms with E-state index < -0.39 is 0 Å². The van der Waals surface area contributed by atoms with E-state index in [0.29, 0.717) is 5.41 Å². The summed E-state index contributed by atoms with van der Waals surface area (Å²) >= 11 is 3.59. The molecular formula is C12H15BrN2. The van der Waals surface area contributed by atoms with Gasteiger partial charge in [0, 0.05) is 28.7 Å². The topological polar surface area (TPSA) is 29.3 Å². The molecule has 2 fully saturated rings. The molecule has 3 heteroatoms. The van der Waals surface area contributed by atoms with E-state index in [2.05, 4.69) is 26.9 Å². The standard InChI is InChI=1S/C12H15BrN2/c13-10-3-2-9(14)6-11(10)15-7-12(8-15)4-1-5-12/h2-3,6H,1,4-5,7-8,14H2. The van der Waals surface area contributed by atoms with Crippen LogP contribution in [0.3, 0.4) is 0 Å². The number of benzene rings is 1. The molecule has 0 bridgehead atoms. The lowest BCUT2D eigenvalue weighted by atomic mass is 9.63. The second-order valence-corrected chi connectivity index (χ2v) is 5.77. The molecule has 1 aliphatic heterocycles. The molecular weight excluding hydrogens is 252 g/mol. The van der Waals surface area contributed by atoms with Crippen LogP contribution in [0.1, 0.15) is 19.3 Å². The molecule has 2 N–H and O–H groups in total. The first kappa shape index (κ1) is 9.52. The van der Waals surface area contributed by atoms with Crippen molar-refractivity contribution in [3.8, 4) is 0 Å². The third kappa shape index (κ3) is 1.44. The smallest absolute Gasteiger partial charge is 0.0531 e. The summed E-state index contributed by atoms with van der Waals surface area (Å²) in [5.41, 5.74) is 8.59. The van der Waals surface area contributed by atoms with Crippen molar-refractivity contribution in [1.82, 2.24) is 0 Å². The van der Waals surface area contributed by atoms with Crippen molar-refractivity contribution in [3.63, 3.8) is 0 Å². The van der Waals surface area contributed by atoms with Crippen molar-refractivity contribution in [3.05, 3.63) is 22.7 Å². The molecule has 1 spiro atoms. The highest BCUT2D eigenvalue weighted by Crippen LogP contribution is 2.50. The Morgan fingerprint density at radius 3 is 2.60 bits per heavy atom. The monoisotopic (exact) mass is 266 g/mol. The Hall–Kier alpha value is -0.700. The van der Waals surface area contributed by atoms with Crippen LogP contribution in [-0.4, -0.2) is 13.1 Å². The molecule has 0 atom stereocenters. The minimum Gasteiger partial charge on any atom is -0.399 e. The van der Waals surface area contributed by atoms with Crippen LogP contribution in [0.15, 0.2) is 22.7 Å². The van der Waals surface area contributed by atoms with Crippen molar-refractivity contribution >= 4 is 27.3 Å². The maximum absolute atomic E-state index is 5.81. The molecule has 1 saturated heterocycles. The third-order valence-corrected chi connectivity index (χ3v) is 4.45. The van der Waals surface area contributed by atoms with Gasteiger partial charge in [-0.2, -0.15) is 0 Å². The SMILES string of the molecule is Nc1ccc(Br)c(N2CC3(CCC3)C2)c1. The van der Waals surface area contributed by atoms with Crippen LogP contribution in [0.4, 0.5) is 11.4 Å². The van der Waals surface area contributed by atoms with E-state index in [4.69, 9.17) is 5.73 Å². The fourth-order valence-electron chi connectivity index (χ4n) is 2.70. The molecule has 1 aromatic rings. The number of nitrogens with two attached hydrogens (primary N) is 1. The van der Waals surface area contributed by atoms with Crippen molar-refractivity contribution in [1.29, 1.82) is 0 Å². The number of anilines is 2. The summed E-state index contributed by atoms with van der Waals surface area (Å²) in [5, 5.41) is 0. The molecule has 80 valence electrons. The average molecular weight is 267 g/mol. The third-order valence-electron chi connectivity index (χ3n) is 3.78. The van der Waals surface area contributed by atoms with Gasteiger partial charge in [0.25, 0.3) is 0 Å². The lowest BCUT2D eigenvalue weighted by Gasteiger charge is -2.57. The van der Waals surface area contributed by atoms with Crippen molar-refractivity contribution in [2.75, 3.05) is 23.7 Å². The van der Waals surface area contributed by atoms with Gasteiger partial charge in [-0.05, 0) is 47.0 Å². The van der Waals surface area contributed by atoms with E-state index in [-0.39, 0.29) is 0 Å². The van der Waals surface area contributed by atoms with Crippen LogP contribution in [0, 0.1) is 5.41 Å².